The minimum absolute atomic E-state index is 0.173. The van der Waals surface area contributed by atoms with Crippen LogP contribution in [0, 0.1) is 12.3 Å². The van der Waals surface area contributed by atoms with Gasteiger partial charge in [-0.15, -0.1) is 0 Å². The summed E-state index contributed by atoms with van der Waals surface area (Å²) in [6, 6.07) is 10.8. The van der Waals surface area contributed by atoms with Crippen LogP contribution in [0.25, 0.3) is 10.9 Å². The Morgan fingerprint density at radius 2 is 1.94 bits per heavy atom. The van der Waals surface area contributed by atoms with Gasteiger partial charge in [-0.1, -0.05) is 26.0 Å². The van der Waals surface area contributed by atoms with Gasteiger partial charge in [0.1, 0.15) is 0 Å². The summed E-state index contributed by atoms with van der Waals surface area (Å²) in [5.41, 5.74) is 10.0. The molecular weight excluding hydrogens is 220 g/mol. The Morgan fingerprint density at radius 3 is 2.56 bits per heavy atom. The number of hydrogen-bond donors (Lipinski definition) is 1. The van der Waals surface area contributed by atoms with Crippen molar-refractivity contribution >= 4 is 10.9 Å². The van der Waals surface area contributed by atoms with Crippen molar-refractivity contribution in [1.82, 2.24) is 4.98 Å². The van der Waals surface area contributed by atoms with Gasteiger partial charge in [-0.25, -0.2) is 0 Å². The van der Waals surface area contributed by atoms with Crippen LogP contribution in [0.4, 0.5) is 0 Å². The van der Waals surface area contributed by atoms with Gasteiger partial charge in [-0.05, 0) is 42.5 Å². The van der Waals surface area contributed by atoms with Gasteiger partial charge in [-0.2, -0.15) is 0 Å². The summed E-state index contributed by atoms with van der Waals surface area (Å²) in [5, 5.41) is 1.22. The standard InChI is InChI=1S/C16H20N2/c1-11-4-5-12-8-13(6-7-14(12)18-11)16(10-17)9-15(16,2)3/h4-8H,9-10,17H2,1-3H3. The summed E-state index contributed by atoms with van der Waals surface area (Å²) < 4.78 is 0. The summed E-state index contributed by atoms with van der Waals surface area (Å²) >= 11 is 0. The van der Waals surface area contributed by atoms with E-state index in [1.54, 1.807) is 0 Å². The first kappa shape index (κ1) is 11.7. The Labute approximate surface area is 108 Å². The first-order valence-corrected chi connectivity index (χ1v) is 6.56. The van der Waals surface area contributed by atoms with Crippen molar-refractivity contribution in [2.75, 3.05) is 6.54 Å². The maximum atomic E-state index is 6.03. The monoisotopic (exact) mass is 240 g/mol. The lowest BCUT2D eigenvalue weighted by Gasteiger charge is -2.19. The average molecular weight is 240 g/mol. The second-order valence-electron chi connectivity index (χ2n) is 6.21. The van der Waals surface area contributed by atoms with Crippen LogP contribution in [0.15, 0.2) is 30.3 Å². The van der Waals surface area contributed by atoms with Gasteiger partial charge >= 0.3 is 0 Å². The van der Waals surface area contributed by atoms with E-state index in [0.717, 1.165) is 17.8 Å². The van der Waals surface area contributed by atoms with Crippen LogP contribution < -0.4 is 5.73 Å². The van der Waals surface area contributed by atoms with E-state index in [2.05, 4.69) is 49.2 Å². The molecule has 0 saturated heterocycles. The van der Waals surface area contributed by atoms with Gasteiger partial charge in [0, 0.05) is 23.0 Å². The fraction of sp³-hybridized carbons (Fsp3) is 0.438. The average Bonchev–Trinajstić information content (AvgIpc) is 2.92. The smallest absolute Gasteiger partial charge is 0.0705 e. The van der Waals surface area contributed by atoms with Crippen LogP contribution in [-0.2, 0) is 5.41 Å². The molecule has 3 rings (SSSR count). The molecule has 94 valence electrons. The molecule has 1 unspecified atom stereocenters. The lowest BCUT2D eigenvalue weighted by atomic mass is 9.87. The molecule has 1 fully saturated rings. The normalized spacial score (nSPS) is 25.3. The fourth-order valence-corrected chi connectivity index (χ4v) is 3.19. The van der Waals surface area contributed by atoms with E-state index < -0.39 is 0 Å². The van der Waals surface area contributed by atoms with Crippen LogP contribution in [0.1, 0.15) is 31.5 Å². The third-order valence-electron chi connectivity index (χ3n) is 4.64. The van der Waals surface area contributed by atoms with Crippen molar-refractivity contribution in [1.29, 1.82) is 0 Å². The number of benzene rings is 1. The Balaban J connectivity index is 2.12. The zero-order chi connectivity index (χ0) is 13.0. The van der Waals surface area contributed by atoms with Crippen molar-refractivity contribution in [2.45, 2.75) is 32.6 Å². The molecule has 0 radical (unpaired) electrons. The topological polar surface area (TPSA) is 38.9 Å². The minimum Gasteiger partial charge on any atom is -0.330 e. The van der Waals surface area contributed by atoms with Gasteiger partial charge in [-0.3, -0.25) is 4.98 Å². The number of nitrogens with zero attached hydrogens (tertiary/aromatic N) is 1. The van der Waals surface area contributed by atoms with Crippen molar-refractivity contribution in [3.05, 3.63) is 41.6 Å². The molecule has 2 nitrogen and oxygen atoms in total. The summed E-state index contributed by atoms with van der Waals surface area (Å²) in [4.78, 5) is 4.55. The van der Waals surface area contributed by atoms with Crippen molar-refractivity contribution in [2.24, 2.45) is 11.1 Å². The zero-order valence-electron chi connectivity index (χ0n) is 11.3. The third kappa shape index (κ3) is 1.49. The second kappa shape index (κ2) is 3.55. The molecule has 1 aliphatic carbocycles. The van der Waals surface area contributed by atoms with Crippen LogP contribution in [-0.4, -0.2) is 11.5 Å². The number of hydrogen-bond acceptors (Lipinski definition) is 2. The lowest BCUT2D eigenvalue weighted by molar-refractivity contribution is 0.503. The van der Waals surface area contributed by atoms with E-state index in [-0.39, 0.29) is 5.41 Å². The van der Waals surface area contributed by atoms with E-state index in [1.165, 1.54) is 17.4 Å². The molecule has 1 aromatic carbocycles. The highest BCUT2D eigenvalue weighted by molar-refractivity contribution is 5.80. The van der Waals surface area contributed by atoms with E-state index in [0.29, 0.717) is 5.41 Å². The van der Waals surface area contributed by atoms with Gasteiger partial charge < -0.3 is 5.73 Å². The molecular formula is C16H20N2. The highest BCUT2D eigenvalue weighted by Crippen LogP contribution is 2.63. The highest BCUT2D eigenvalue weighted by Gasteiger charge is 2.60. The molecule has 0 aliphatic heterocycles. The number of pyridine rings is 1. The quantitative estimate of drug-likeness (QED) is 0.875. The molecule has 2 heteroatoms. The molecule has 1 aromatic heterocycles. The predicted octanol–water partition coefficient (Wildman–Crippen LogP) is 3.17. The largest absolute Gasteiger partial charge is 0.330 e. The van der Waals surface area contributed by atoms with Crippen LogP contribution in [0.2, 0.25) is 0 Å². The van der Waals surface area contributed by atoms with E-state index >= 15 is 0 Å². The van der Waals surface area contributed by atoms with E-state index in [4.69, 9.17) is 5.73 Å². The molecule has 0 spiro atoms. The number of aryl methyl sites for hydroxylation is 1. The van der Waals surface area contributed by atoms with Crippen molar-refractivity contribution in [3.8, 4) is 0 Å². The third-order valence-corrected chi connectivity index (χ3v) is 4.64. The molecule has 0 amide bonds. The minimum atomic E-state index is 0.173. The highest BCUT2D eigenvalue weighted by atomic mass is 14.7. The van der Waals surface area contributed by atoms with Crippen molar-refractivity contribution in [3.63, 3.8) is 0 Å². The summed E-state index contributed by atoms with van der Waals surface area (Å²) in [6.07, 6.45) is 1.18. The molecule has 2 N–H and O–H groups in total. The number of fused-ring (bicyclic) bond motifs is 1. The fourth-order valence-electron chi connectivity index (χ4n) is 3.19. The van der Waals surface area contributed by atoms with Crippen LogP contribution >= 0.6 is 0 Å². The van der Waals surface area contributed by atoms with Gasteiger partial charge in [0.2, 0.25) is 0 Å². The summed E-state index contributed by atoms with van der Waals surface area (Å²) in [6.45, 7) is 7.36. The molecule has 1 aliphatic rings. The Bertz CT molecular complexity index is 616. The SMILES string of the molecule is Cc1ccc2cc(C3(CN)CC3(C)C)ccc2n1. The van der Waals surface area contributed by atoms with Crippen LogP contribution in [0.3, 0.4) is 0 Å². The summed E-state index contributed by atoms with van der Waals surface area (Å²) in [7, 11) is 0. The molecule has 1 heterocycles. The second-order valence-corrected chi connectivity index (χ2v) is 6.21. The number of rotatable bonds is 2. The van der Waals surface area contributed by atoms with Crippen LogP contribution in [0.5, 0.6) is 0 Å². The molecule has 1 saturated carbocycles. The lowest BCUT2D eigenvalue weighted by Crippen LogP contribution is -2.25. The van der Waals surface area contributed by atoms with E-state index in [9.17, 15) is 0 Å². The maximum absolute atomic E-state index is 6.03. The Morgan fingerprint density at radius 1 is 1.22 bits per heavy atom. The first-order valence-electron chi connectivity index (χ1n) is 6.56. The number of nitrogens with two attached hydrogens (primary N) is 1. The zero-order valence-corrected chi connectivity index (χ0v) is 11.3. The summed E-state index contributed by atoms with van der Waals surface area (Å²) in [5.74, 6) is 0. The van der Waals surface area contributed by atoms with Gasteiger partial charge in [0.05, 0.1) is 5.52 Å². The van der Waals surface area contributed by atoms with E-state index in [1.807, 2.05) is 6.92 Å². The van der Waals surface area contributed by atoms with Crippen molar-refractivity contribution < 1.29 is 0 Å². The molecule has 0 bridgehead atoms. The molecule has 1 atom stereocenters. The Hall–Kier alpha value is -1.41. The van der Waals surface area contributed by atoms with Gasteiger partial charge in [0.15, 0.2) is 0 Å². The Kier molecular flexibility index (Phi) is 2.30. The van der Waals surface area contributed by atoms with Gasteiger partial charge in [0.25, 0.3) is 0 Å². The molecule has 2 aromatic rings. The maximum Gasteiger partial charge on any atom is 0.0705 e. The number of aromatic nitrogens is 1. The first-order chi connectivity index (χ1) is 8.48. The molecule has 18 heavy (non-hydrogen) atoms. The predicted molar refractivity (Wildman–Crippen MR) is 75.6 cm³/mol.